The summed E-state index contributed by atoms with van der Waals surface area (Å²) in [5, 5.41) is 0. The number of Topliss-reactive ketones (excluding diaryl/α,β-unsaturated/α-hetero) is 1. The van der Waals surface area contributed by atoms with E-state index in [1.54, 1.807) is 24.3 Å². The van der Waals surface area contributed by atoms with E-state index in [-0.39, 0.29) is 11.8 Å². The third kappa shape index (κ3) is 5.38. The van der Waals surface area contributed by atoms with Gasteiger partial charge in [-0.05, 0) is 56.0 Å². The Morgan fingerprint density at radius 3 is 2.62 bits per heavy atom. The summed E-state index contributed by atoms with van der Waals surface area (Å²) >= 11 is 0. The van der Waals surface area contributed by atoms with Crippen LogP contribution in [0.4, 0.5) is 0 Å². The van der Waals surface area contributed by atoms with Crippen LogP contribution in [0.3, 0.4) is 0 Å². The fourth-order valence-corrected chi connectivity index (χ4v) is 4.93. The maximum Gasteiger partial charge on any atom is 0.159 e. The molecule has 1 atom stereocenters. The van der Waals surface area contributed by atoms with Gasteiger partial charge in [0.1, 0.15) is 5.75 Å². The van der Waals surface area contributed by atoms with Gasteiger partial charge in [-0.2, -0.15) is 0 Å². The molecular weight excluding hydrogens is 388 g/mol. The van der Waals surface area contributed by atoms with Crippen LogP contribution < -0.4 is 9.46 Å². The Bertz CT molecular complexity index is 867. The minimum Gasteiger partial charge on any atom is -0.490 e. The second-order valence-corrected chi connectivity index (χ2v) is 9.74. The van der Waals surface area contributed by atoms with Gasteiger partial charge in [0.2, 0.25) is 0 Å². The predicted octanol–water partition coefficient (Wildman–Crippen LogP) is 4.32. The van der Waals surface area contributed by atoms with E-state index >= 15 is 0 Å². The Labute approximate surface area is 173 Å². The number of hydrogen-bond acceptors (Lipinski definition) is 6. The first-order valence-corrected chi connectivity index (χ1v) is 11.6. The summed E-state index contributed by atoms with van der Waals surface area (Å²) in [5.74, 6) is 0.835. The second-order valence-electron chi connectivity index (χ2n) is 7.93. The Balaban J connectivity index is 1.32. The molecular formula is C22H28N2O4S. The van der Waals surface area contributed by atoms with Gasteiger partial charge in [0.15, 0.2) is 5.78 Å². The molecule has 7 heteroatoms. The smallest absolute Gasteiger partial charge is 0.159 e. The topological polar surface area (TPSA) is 82.0 Å². The fourth-order valence-electron chi connectivity index (χ4n) is 3.58. The average Bonchev–Trinajstić information content (AvgIpc) is 3.41. The van der Waals surface area contributed by atoms with Gasteiger partial charge in [0, 0.05) is 31.2 Å². The molecule has 0 radical (unpaired) electrons. The minimum absolute atomic E-state index is 0.0153. The van der Waals surface area contributed by atoms with Crippen LogP contribution in [0, 0.1) is 0 Å². The lowest BCUT2D eigenvalue weighted by molar-refractivity contribution is 0.101. The molecule has 0 amide bonds. The number of carbonyl (C=O) groups is 1. The highest BCUT2D eigenvalue weighted by Crippen LogP contribution is 2.45. The van der Waals surface area contributed by atoms with Gasteiger partial charge in [-0.3, -0.25) is 18.8 Å². The molecule has 2 aliphatic rings. The molecule has 2 aromatic carbocycles. The first kappa shape index (κ1) is 20.4. The molecule has 0 spiro atoms. The zero-order valence-corrected chi connectivity index (χ0v) is 17.4. The van der Waals surface area contributed by atoms with Gasteiger partial charge in [0.25, 0.3) is 0 Å². The summed E-state index contributed by atoms with van der Waals surface area (Å²) in [5.41, 5.74) is 1.70. The highest BCUT2D eigenvalue weighted by Gasteiger charge is 2.28. The SMILES string of the molecule is CC(=O)c1cccc(S(O)(O)NC2CCN(Cc3ccc(OC4CC4)cc3)C2)c1. The highest BCUT2D eigenvalue weighted by molar-refractivity contribution is 8.22. The van der Waals surface area contributed by atoms with Crippen LogP contribution in [0.25, 0.3) is 0 Å². The van der Waals surface area contributed by atoms with Crippen LogP contribution >= 0.6 is 10.8 Å². The number of nitrogens with zero attached hydrogens (tertiary/aromatic N) is 1. The lowest BCUT2D eigenvalue weighted by Gasteiger charge is -2.36. The lowest BCUT2D eigenvalue weighted by Crippen LogP contribution is -2.34. The van der Waals surface area contributed by atoms with Crippen molar-refractivity contribution in [3.63, 3.8) is 0 Å². The molecule has 1 saturated carbocycles. The third-order valence-corrected chi connectivity index (χ3v) is 6.90. The van der Waals surface area contributed by atoms with Crippen molar-refractivity contribution >= 4 is 16.6 Å². The highest BCUT2D eigenvalue weighted by atomic mass is 32.3. The number of nitrogens with one attached hydrogen (secondary N) is 1. The molecule has 1 saturated heterocycles. The summed E-state index contributed by atoms with van der Waals surface area (Å²) in [7, 11) is -3.15. The average molecular weight is 417 g/mol. The molecule has 6 nitrogen and oxygen atoms in total. The molecule has 3 N–H and O–H groups in total. The summed E-state index contributed by atoms with van der Waals surface area (Å²) in [6.45, 7) is 3.92. The second kappa shape index (κ2) is 8.45. The van der Waals surface area contributed by atoms with E-state index in [0.29, 0.717) is 16.6 Å². The number of rotatable bonds is 8. The van der Waals surface area contributed by atoms with E-state index in [1.165, 1.54) is 12.5 Å². The monoisotopic (exact) mass is 416 g/mol. The molecule has 156 valence electrons. The Morgan fingerprint density at radius 2 is 1.93 bits per heavy atom. The number of benzene rings is 2. The van der Waals surface area contributed by atoms with Crippen LogP contribution in [0.2, 0.25) is 0 Å². The number of likely N-dealkylation sites (tertiary alicyclic amines) is 1. The molecule has 1 heterocycles. The summed E-state index contributed by atoms with van der Waals surface area (Å²) < 4.78 is 30.0. The Kier molecular flexibility index (Phi) is 5.94. The number of ketones is 1. The molecule has 1 unspecified atom stereocenters. The van der Waals surface area contributed by atoms with E-state index < -0.39 is 10.8 Å². The first-order valence-electron chi connectivity index (χ1n) is 10.0. The van der Waals surface area contributed by atoms with Crippen molar-refractivity contribution in [2.24, 2.45) is 0 Å². The Morgan fingerprint density at radius 1 is 1.17 bits per heavy atom. The van der Waals surface area contributed by atoms with Crippen LogP contribution in [0.1, 0.15) is 42.1 Å². The molecule has 2 fully saturated rings. The number of hydrogen-bond donors (Lipinski definition) is 3. The zero-order valence-electron chi connectivity index (χ0n) is 16.6. The van der Waals surface area contributed by atoms with Crippen molar-refractivity contribution in [2.75, 3.05) is 13.1 Å². The molecule has 2 aromatic rings. The quantitative estimate of drug-likeness (QED) is 0.556. The van der Waals surface area contributed by atoms with Gasteiger partial charge < -0.3 is 4.74 Å². The number of ether oxygens (including phenoxy) is 1. The van der Waals surface area contributed by atoms with Crippen molar-refractivity contribution in [1.82, 2.24) is 9.62 Å². The van der Waals surface area contributed by atoms with Gasteiger partial charge in [0.05, 0.1) is 11.0 Å². The third-order valence-electron chi connectivity index (χ3n) is 5.33. The van der Waals surface area contributed by atoms with Crippen LogP contribution in [0.5, 0.6) is 5.75 Å². The van der Waals surface area contributed by atoms with Gasteiger partial charge in [-0.15, -0.1) is 10.8 Å². The van der Waals surface area contributed by atoms with Gasteiger partial charge in [-0.1, -0.05) is 24.3 Å². The summed E-state index contributed by atoms with van der Waals surface area (Å²) in [4.78, 5) is 14.2. The van der Waals surface area contributed by atoms with E-state index in [2.05, 4.69) is 21.8 Å². The molecule has 4 rings (SSSR count). The van der Waals surface area contributed by atoms with Gasteiger partial charge in [-0.25, -0.2) is 4.72 Å². The molecule has 0 aromatic heterocycles. The van der Waals surface area contributed by atoms with Crippen LogP contribution in [-0.2, 0) is 6.54 Å². The van der Waals surface area contributed by atoms with E-state index in [1.807, 2.05) is 12.1 Å². The predicted molar refractivity (Wildman–Crippen MR) is 114 cm³/mol. The van der Waals surface area contributed by atoms with Crippen molar-refractivity contribution in [2.45, 2.75) is 49.8 Å². The molecule has 1 aliphatic heterocycles. The van der Waals surface area contributed by atoms with E-state index in [4.69, 9.17) is 4.74 Å². The maximum absolute atomic E-state index is 11.6. The van der Waals surface area contributed by atoms with Crippen LogP contribution in [0.15, 0.2) is 53.4 Å². The maximum atomic E-state index is 11.6. The first-order chi connectivity index (χ1) is 13.9. The standard InChI is InChI=1S/C22H28N2O4S/c1-16(25)18-3-2-4-22(13-18)29(26,27)23-19-11-12-24(15-19)14-17-5-7-20(8-6-17)28-21-9-10-21/h2-8,13,19,21,23,26-27H,9-12,14-15H2,1H3. The molecule has 1 aliphatic carbocycles. The molecule has 0 bridgehead atoms. The van der Waals surface area contributed by atoms with E-state index in [0.717, 1.165) is 44.6 Å². The van der Waals surface area contributed by atoms with Gasteiger partial charge >= 0.3 is 0 Å². The normalized spacial score (nSPS) is 20.6. The number of carbonyl (C=O) groups excluding carboxylic acids is 1. The van der Waals surface area contributed by atoms with E-state index in [9.17, 15) is 13.9 Å². The Hall–Kier alpha value is -1.90. The van der Waals surface area contributed by atoms with Crippen LogP contribution in [-0.4, -0.2) is 45.0 Å². The van der Waals surface area contributed by atoms with Crippen molar-refractivity contribution in [3.05, 3.63) is 59.7 Å². The summed E-state index contributed by atoms with van der Waals surface area (Å²) in [6.07, 6.45) is 3.55. The summed E-state index contributed by atoms with van der Waals surface area (Å²) in [6, 6.07) is 14.8. The van der Waals surface area contributed by atoms with Crippen molar-refractivity contribution in [3.8, 4) is 5.75 Å². The lowest BCUT2D eigenvalue weighted by atomic mass is 10.2. The zero-order chi connectivity index (χ0) is 20.4. The minimum atomic E-state index is -3.15. The fraction of sp³-hybridized carbons (Fsp3) is 0.409. The molecule has 29 heavy (non-hydrogen) atoms. The van der Waals surface area contributed by atoms with Crippen molar-refractivity contribution in [1.29, 1.82) is 0 Å². The van der Waals surface area contributed by atoms with Crippen molar-refractivity contribution < 1.29 is 18.6 Å². The largest absolute Gasteiger partial charge is 0.490 e.